The van der Waals surface area contributed by atoms with Gasteiger partial charge in [0.1, 0.15) is 6.42 Å². The first-order chi connectivity index (χ1) is 7.06. The topological polar surface area (TPSA) is 86.6 Å². The molecule has 6 heteroatoms. The largest absolute Gasteiger partial charge is 0.481 e. The molecule has 0 heterocycles. The number of hydrogen-bond donors (Lipinski definition) is 3. The van der Waals surface area contributed by atoms with Crippen molar-refractivity contribution in [3.63, 3.8) is 0 Å². The van der Waals surface area contributed by atoms with Gasteiger partial charge in [0.25, 0.3) is 0 Å². The summed E-state index contributed by atoms with van der Waals surface area (Å²) in [7, 11) is 0. The van der Waals surface area contributed by atoms with Gasteiger partial charge in [0.15, 0.2) is 0 Å². The molecule has 0 aliphatic rings. The van der Waals surface area contributed by atoms with Gasteiger partial charge in [0, 0.05) is 0 Å². The van der Waals surface area contributed by atoms with Crippen molar-refractivity contribution in [2.45, 2.75) is 6.42 Å². The number of para-hydroxylation sites is 1. The summed E-state index contributed by atoms with van der Waals surface area (Å²) in [6, 6.07) is 8.67. The van der Waals surface area contributed by atoms with Gasteiger partial charge >= 0.3 is 11.9 Å². The Balaban J connectivity index is 0.000000265. The summed E-state index contributed by atoms with van der Waals surface area (Å²) in [6.07, 6.45) is -0.806. The number of nitrogens with one attached hydrogen (secondary N) is 1. The van der Waals surface area contributed by atoms with Gasteiger partial charge in [0.2, 0.25) is 0 Å². The third-order valence-electron chi connectivity index (χ3n) is 1.19. The van der Waals surface area contributed by atoms with Crippen LogP contribution in [0.15, 0.2) is 30.3 Å². The Hall–Kier alpha value is -2.11. The van der Waals surface area contributed by atoms with Gasteiger partial charge in [0.05, 0.1) is 5.69 Å². The molecule has 0 saturated carbocycles. The summed E-state index contributed by atoms with van der Waals surface area (Å²) in [5, 5.41) is 15.4. The van der Waals surface area contributed by atoms with E-state index in [9.17, 15) is 14.1 Å². The summed E-state index contributed by atoms with van der Waals surface area (Å²) >= 11 is 0. The second-order valence-corrected chi connectivity index (χ2v) is 2.42. The summed E-state index contributed by atoms with van der Waals surface area (Å²) in [4.78, 5) is 18.9. The van der Waals surface area contributed by atoms with E-state index >= 15 is 0 Å². The van der Waals surface area contributed by atoms with Gasteiger partial charge in [-0.3, -0.25) is 9.59 Å². The van der Waals surface area contributed by atoms with Crippen LogP contribution in [0.1, 0.15) is 6.42 Å². The van der Waals surface area contributed by atoms with Crippen LogP contribution < -0.4 is 5.54 Å². The van der Waals surface area contributed by atoms with Gasteiger partial charge in [-0.25, -0.2) is 5.54 Å². The number of benzene rings is 1. The Bertz CT molecular complexity index is 303. The number of carboxylic acids is 2. The van der Waals surface area contributed by atoms with E-state index in [-0.39, 0.29) is 0 Å². The standard InChI is InChI=1S/C6H6FN.C3H4O4/c7-8-6-4-2-1-3-5-6;4-2(5)1-3(6)7/h1-5,8H;1H2,(H,4,5)(H,6,7). The Morgan fingerprint density at radius 1 is 1.13 bits per heavy atom. The molecule has 82 valence electrons. The molecule has 5 nitrogen and oxygen atoms in total. The fourth-order valence-electron chi connectivity index (χ4n) is 0.631. The second-order valence-electron chi connectivity index (χ2n) is 2.42. The maximum Gasteiger partial charge on any atom is 0.314 e. The predicted molar refractivity (Wildman–Crippen MR) is 51.1 cm³/mol. The molecule has 0 aliphatic heterocycles. The van der Waals surface area contributed by atoms with E-state index in [1.807, 2.05) is 6.07 Å². The summed E-state index contributed by atoms with van der Waals surface area (Å²) in [5.74, 6) is -2.62. The zero-order chi connectivity index (χ0) is 11.7. The third-order valence-corrected chi connectivity index (χ3v) is 1.19. The average molecular weight is 215 g/mol. The highest BCUT2D eigenvalue weighted by Gasteiger charge is 2.01. The number of carbonyl (C=O) groups is 2. The van der Waals surface area contributed by atoms with E-state index in [1.165, 1.54) is 5.54 Å². The van der Waals surface area contributed by atoms with Crippen molar-refractivity contribution in [1.29, 1.82) is 0 Å². The van der Waals surface area contributed by atoms with Crippen LogP contribution in [0, 0.1) is 0 Å². The zero-order valence-corrected chi connectivity index (χ0v) is 7.68. The van der Waals surface area contributed by atoms with Crippen LogP contribution in [0.2, 0.25) is 0 Å². The Labute approximate surface area is 85.1 Å². The minimum absolute atomic E-state index is 0.493. The molecule has 1 rings (SSSR count). The first-order valence-corrected chi connectivity index (χ1v) is 3.91. The molecule has 0 aromatic heterocycles. The van der Waals surface area contributed by atoms with Crippen LogP contribution in [0.4, 0.5) is 10.2 Å². The van der Waals surface area contributed by atoms with E-state index in [1.54, 1.807) is 24.3 Å². The van der Waals surface area contributed by atoms with Crippen molar-refractivity contribution < 1.29 is 24.3 Å². The molecule has 15 heavy (non-hydrogen) atoms. The molecule has 1 aromatic carbocycles. The maximum atomic E-state index is 11.5. The molecule has 1 aromatic rings. The lowest BCUT2D eigenvalue weighted by atomic mass is 10.3. The lowest BCUT2D eigenvalue weighted by Crippen LogP contribution is -2.03. The minimum Gasteiger partial charge on any atom is -0.481 e. The van der Waals surface area contributed by atoms with Crippen LogP contribution in [0.3, 0.4) is 0 Å². The van der Waals surface area contributed by atoms with Crippen molar-refractivity contribution in [3.05, 3.63) is 30.3 Å². The number of carboxylic acid groups (broad SMARTS) is 2. The lowest BCUT2D eigenvalue weighted by molar-refractivity contribution is -0.147. The highest BCUT2D eigenvalue weighted by Crippen LogP contribution is 2.03. The van der Waals surface area contributed by atoms with Crippen LogP contribution in [0.25, 0.3) is 0 Å². The number of aliphatic carboxylic acids is 2. The molecule has 0 atom stereocenters. The first kappa shape index (κ1) is 12.9. The summed E-state index contributed by atoms with van der Waals surface area (Å²) < 4.78 is 11.5. The smallest absolute Gasteiger partial charge is 0.314 e. The molecule has 0 radical (unpaired) electrons. The first-order valence-electron chi connectivity index (χ1n) is 3.91. The fourth-order valence-corrected chi connectivity index (χ4v) is 0.631. The molecule has 0 unspecified atom stereocenters. The van der Waals surface area contributed by atoms with Crippen LogP contribution in [-0.2, 0) is 9.59 Å². The van der Waals surface area contributed by atoms with E-state index < -0.39 is 18.4 Å². The highest BCUT2D eigenvalue weighted by atomic mass is 19.2. The zero-order valence-electron chi connectivity index (χ0n) is 7.68. The number of halogens is 1. The van der Waals surface area contributed by atoms with E-state index in [0.717, 1.165) is 0 Å². The molecule has 0 spiro atoms. The molecule has 0 amide bonds. The van der Waals surface area contributed by atoms with E-state index in [0.29, 0.717) is 5.69 Å². The summed E-state index contributed by atoms with van der Waals surface area (Å²) in [6.45, 7) is 0. The molecular weight excluding hydrogens is 205 g/mol. The molecule has 0 aliphatic carbocycles. The lowest BCUT2D eigenvalue weighted by Gasteiger charge is -1.89. The van der Waals surface area contributed by atoms with Crippen LogP contribution >= 0.6 is 0 Å². The predicted octanol–water partition coefficient (Wildman–Crippen LogP) is 1.53. The van der Waals surface area contributed by atoms with Crippen molar-refractivity contribution in [2.75, 3.05) is 5.54 Å². The monoisotopic (exact) mass is 215 g/mol. The number of anilines is 1. The summed E-state index contributed by atoms with van der Waals surface area (Å²) in [5.41, 5.74) is 2.02. The average Bonchev–Trinajstić information content (AvgIpc) is 2.18. The van der Waals surface area contributed by atoms with Crippen molar-refractivity contribution in [2.24, 2.45) is 0 Å². The molecule has 0 saturated heterocycles. The highest BCUT2D eigenvalue weighted by molar-refractivity contribution is 5.88. The van der Waals surface area contributed by atoms with Crippen LogP contribution in [-0.4, -0.2) is 22.2 Å². The minimum atomic E-state index is -1.31. The number of hydrogen-bond acceptors (Lipinski definition) is 3. The fraction of sp³-hybridized carbons (Fsp3) is 0.111. The molecule has 0 bridgehead atoms. The SMILES string of the molecule is FNc1ccccc1.O=C(O)CC(=O)O. The van der Waals surface area contributed by atoms with Gasteiger partial charge < -0.3 is 10.2 Å². The molecule has 0 fully saturated rings. The Morgan fingerprint density at radius 3 is 1.80 bits per heavy atom. The van der Waals surface area contributed by atoms with Gasteiger partial charge in [-0.2, -0.15) is 0 Å². The molecular formula is C9H10FNO4. The Morgan fingerprint density at radius 2 is 1.60 bits per heavy atom. The van der Waals surface area contributed by atoms with Gasteiger partial charge in [-0.15, -0.1) is 4.48 Å². The van der Waals surface area contributed by atoms with Gasteiger partial charge in [-0.1, -0.05) is 18.2 Å². The quantitative estimate of drug-likeness (QED) is 0.525. The normalized spacial score (nSPS) is 8.33. The molecule has 3 N–H and O–H groups in total. The number of rotatable bonds is 3. The van der Waals surface area contributed by atoms with E-state index in [4.69, 9.17) is 10.2 Å². The van der Waals surface area contributed by atoms with Gasteiger partial charge in [-0.05, 0) is 12.1 Å². The van der Waals surface area contributed by atoms with Crippen molar-refractivity contribution in [3.8, 4) is 0 Å². The third kappa shape index (κ3) is 8.23. The van der Waals surface area contributed by atoms with Crippen molar-refractivity contribution >= 4 is 17.6 Å². The van der Waals surface area contributed by atoms with E-state index in [2.05, 4.69) is 0 Å². The van der Waals surface area contributed by atoms with Crippen molar-refractivity contribution in [1.82, 2.24) is 0 Å². The Kier molecular flexibility index (Phi) is 6.28. The van der Waals surface area contributed by atoms with Crippen LogP contribution in [0.5, 0.6) is 0 Å². The maximum absolute atomic E-state index is 11.5. The second kappa shape index (κ2) is 7.31.